The zero-order valence-electron chi connectivity index (χ0n) is 9.64. The van der Waals surface area contributed by atoms with Crippen LogP contribution in [-0.4, -0.2) is 32.7 Å². The Labute approximate surface area is 105 Å². The Kier molecular flexibility index (Phi) is 14.4. The molecule has 6 nitrogen and oxygen atoms in total. The number of carbonyl (C=O) groups is 2. The fourth-order valence-corrected chi connectivity index (χ4v) is 0.786. The minimum absolute atomic E-state index is 1.14. The van der Waals surface area contributed by atoms with Crippen LogP contribution in [0.3, 0.4) is 0 Å². The molecule has 0 bridgehead atoms. The Morgan fingerprint density at radius 2 is 0.778 bits per heavy atom. The lowest BCUT2D eigenvalue weighted by Gasteiger charge is -1.60. The fraction of sp³-hybridized carbons (Fsp3) is 0.167. The quantitative estimate of drug-likeness (QED) is 0.527. The number of rotatable bonds is 0. The van der Waals surface area contributed by atoms with Gasteiger partial charge in [-0.2, -0.15) is 0 Å². The van der Waals surface area contributed by atoms with Gasteiger partial charge in [0.2, 0.25) is 0 Å². The van der Waals surface area contributed by atoms with E-state index in [1.807, 2.05) is 0 Å². The number of carboxylic acid groups (broad SMARTS) is 4. The molecule has 6 heteroatoms. The molecule has 0 aromatic rings. The third-order valence-electron chi connectivity index (χ3n) is 1.31. The number of hydrogen-bond donors (Lipinski definition) is 4. The molecular formula is C12H16O6. The highest BCUT2D eigenvalue weighted by molar-refractivity contribution is 5.53. The molecular weight excluding hydrogens is 240 g/mol. The molecule has 100 valence electrons. The Morgan fingerprint density at radius 3 is 0.833 bits per heavy atom. The van der Waals surface area contributed by atoms with E-state index in [2.05, 4.69) is 48.6 Å². The van der Waals surface area contributed by atoms with Gasteiger partial charge in [-0.1, -0.05) is 48.6 Å². The molecule has 18 heavy (non-hydrogen) atoms. The van der Waals surface area contributed by atoms with Gasteiger partial charge in [-0.25, -0.2) is 9.59 Å². The van der Waals surface area contributed by atoms with Crippen LogP contribution in [0.5, 0.6) is 0 Å². The van der Waals surface area contributed by atoms with E-state index in [0.717, 1.165) is 12.8 Å². The van der Waals surface area contributed by atoms with Crippen LogP contribution < -0.4 is 0 Å². The fourth-order valence-electron chi connectivity index (χ4n) is 0.786. The molecule has 0 fully saturated rings. The van der Waals surface area contributed by atoms with Crippen molar-refractivity contribution in [2.24, 2.45) is 0 Å². The van der Waals surface area contributed by atoms with Crippen LogP contribution in [0.1, 0.15) is 12.8 Å². The summed E-state index contributed by atoms with van der Waals surface area (Å²) in [4.78, 5) is 17.1. The van der Waals surface area contributed by atoms with E-state index in [0.29, 0.717) is 0 Å². The minimum Gasteiger partial charge on any atom is -0.450 e. The van der Waals surface area contributed by atoms with E-state index in [-0.39, 0.29) is 0 Å². The summed E-state index contributed by atoms with van der Waals surface area (Å²) in [6, 6.07) is 0. The minimum atomic E-state index is -1.83. The lowest BCUT2D eigenvalue weighted by atomic mass is 10.5. The van der Waals surface area contributed by atoms with Crippen molar-refractivity contribution in [2.45, 2.75) is 12.8 Å². The Morgan fingerprint density at radius 1 is 0.611 bits per heavy atom. The van der Waals surface area contributed by atoms with Crippen LogP contribution in [0.2, 0.25) is 0 Å². The number of allylic oxidation sites excluding steroid dienone is 8. The zero-order valence-corrected chi connectivity index (χ0v) is 9.64. The molecule has 0 spiro atoms. The van der Waals surface area contributed by atoms with Crippen LogP contribution in [0, 0.1) is 0 Å². The molecule has 2 aliphatic rings. The normalized spacial score (nSPS) is 12.4. The van der Waals surface area contributed by atoms with Crippen molar-refractivity contribution in [2.75, 3.05) is 0 Å². The largest absolute Gasteiger partial charge is 0.503 e. The summed E-state index contributed by atoms with van der Waals surface area (Å²) in [7, 11) is 0. The number of hydrogen-bond acceptors (Lipinski definition) is 2. The molecule has 4 N–H and O–H groups in total. The first kappa shape index (κ1) is 17.9. The second-order valence-electron chi connectivity index (χ2n) is 2.75. The van der Waals surface area contributed by atoms with E-state index >= 15 is 0 Å². The van der Waals surface area contributed by atoms with E-state index < -0.39 is 12.3 Å². The van der Waals surface area contributed by atoms with Crippen LogP contribution >= 0.6 is 0 Å². The van der Waals surface area contributed by atoms with Gasteiger partial charge in [0.1, 0.15) is 0 Å². The van der Waals surface area contributed by atoms with Crippen molar-refractivity contribution in [3.8, 4) is 0 Å². The maximum Gasteiger partial charge on any atom is 0.503 e. The molecule has 0 unspecified atom stereocenters. The van der Waals surface area contributed by atoms with Gasteiger partial charge >= 0.3 is 12.3 Å². The standard InChI is InChI=1S/2C5H6.2CH2O3/c2*1-2-4-5-3-1;2*2-1(3)4/h2*1-4H,5H2;2*(H2,2,3,4). The lowest BCUT2D eigenvalue weighted by Crippen LogP contribution is -1.81. The second-order valence-corrected chi connectivity index (χ2v) is 2.75. The van der Waals surface area contributed by atoms with Crippen molar-refractivity contribution in [3.63, 3.8) is 0 Å². The van der Waals surface area contributed by atoms with E-state index in [4.69, 9.17) is 30.0 Å². The van der Waals surface area contributed by atoms with Crippen LogP contribution in [0.15, 0.2) is 48.6 Å². The lowest BCUT2D eigenvalue weighted by molar-refractivity contribution is 0.135. The average molecular weight is 256 g/mol. The highest BCUT2D eigenvalue weighted by Crippen LogP contribution is 1.93. The predicted molar refractivity (Wildman–Crippen MR) is 67.1 cm³/mol. The van der Waals surface area contributed by atoms with Crippen molar-refractivity contribution in [3.05, 3.63) is 48.6 Å². The molecule has 0 radical (unpaired) electrons. The molecule has 0 saturated carbocycles. The Balaban J connectivity index is 0. The summed E-state index contributed by atoms with van der Waals surface area (Å²) in [6.07, 6.45) is 15.3. The zero-order chi connectivity index (χ0) is 14.2. The van der Waals surface area contributed by atoms with Gasteiger partial charge in [-0.15, -0.1) is 0 Å². The molecule has 0 atom stereocenters. The third kappa shape index (κ3) is 37.5. The monoisotopic (exact) mass is 256 g/mol. The van der Waals surface area contributed by atoms with Crippen molar-refractivity contribution < 1.29 is 30.0 Å². The first-order chi connectivity index (χ1) is 8.46. The van der Waals surface area contributed by atoms with E-state index in [9.17, 15) is 0 Å². The van der Waals surface area contributed by atoms with Crippen LogP contribution in [0.25, 0.3) is 0 Å². The van der Waals surface area contributed by atoms with Gasteiger partial charge in [-0.05, 0) is 12.8 Å². The van der Waals surface area contributed by atoms with E-state index in [1.165, 1.54) is 0 Å². The molecule has 0 amide bonds. The average Bonchev–Trinajstić information content (AvgIpc) is 2.96. The van der Waals surface area contributed by atoms with Crippen molar-refractivity contribution >= 4 is 12.3 Å². The highest BCUT2D eigenvalue weighted by Gasteiger charge is 1.72. The third-order valence-corrected chi connectivity index (χ3v) is 1.31. The topological polar surface area (TPSA) is 115 Å². The smallest absolute Gasteiger partial charge is 0.450 e. The van der Waals surface area contributed by atoms with Gasteiger partial charge in [0.05, 0.1) is 0 Å². The molecule has 0 aromatic heterocycles. The molecule has 2 rings (SSSR count). The SMILES string of the molecule is C1=CCC=C1.C1=CCC=C1.O=C(O)O.O=C(O)O. The van der Waals surface area contributed by atoms with Crippen LogP contribution in [0.4, 0.5) is 9.59 Å². The molecule has 0 heterocycles. The summed E-state index contributed by atoms with van der Waals surface area (Å²) >= 11 is 0. The van der Waals surface area contributed by atoms with Gasteiger partial charge in [0.15, 0.2) is 0 Å². The second kappa shape index (κ2) is 14.5. The summed E-state index contributed by atoms with van der Waals surface area (Å²) < 4.78 is 0. The van der Waals surface area contributed by atoms with Gasteiger partial charge in [0.25, 0.3) is 0 Å². The van der Waals surface area contributed by atoms with Gasteiger partial charge in [-0.3, -0.25) is 0 Å². The molecule has 0 aliphatic heterocycles. The van der Waals surface area contributed by atoms with Gasteiger partial charge in [0, 0.05) is 0 Å². The summed E-state index contributed by atoms with van der Waals surface area (Å²) in [5.41, 5.74) is 0. The molecule has 0 aromatic carbocycles. The van der Waals surface area contributed by atoms with Crippen LogP contribution in [-0.2, 0) is 0 Å². The first-order valence-corrected chi connectivity index (χ1v) is 4.94. The molecule has 2 aliphatic carbocycles. The first-order valence-electron chi connectivity index (χ1n) is 4.94. The predicted octanol–water partition coefficient (Wildman–Crippen LogP) is 3.45. The Bertz CT molecular complexity index is 276. The van der Waals surface area contributed by atoms with Crippen molar-refractivity contribution in [1.82, 2.24) is 0 Å². The Hall–Kier alpha value is -2.50. The summed E-state index contributed by atoms with van der Waals surface area (Å²) in [5, 5.41) is 27.9. The van der Waals surface area contributed by atoms with Crippen molar-refractivity contribution in [1.29, 1.82) is 0 Å². The van der Waals surface area contributed by atoms with Gasteiger partial charge < -0.3 is 20.4 Å². The molecule has 0 saturated heterocycles. The maximum absolute atomic E-state index is 8.56. The summed E-state index contributed by atoms with van der Waals surface area (Å²) in [5.74, 6) is 0. The maximum atomic E-state index is 8.56. The highest BCUT2D eigenvalue weighted by atomic mass is 16.6. The summed E-state index contributed by atoms with van der Waals surface area (Å²) in [6.45, 7) is 0. The van der Waals surface area contributed by atoms with E-state index in [1.54, 1.807) is 0 Å².